The van der Waals surface area contributed by atoms with Gasteiger partial charge in [0.2, 0.25) is 0 Å². The quantitative estimate of drug-likeness (QED) is 0.596. The van der Waals surface area contributed by atoms with Crippen molar-refractivity contribution in [3.05, 3.63) is 23.8 Å². The van der Waals surface area contributed by atoms with E-state index < -0.39 is 0 Å². The van der Waals surface area contributed by atoms with Crippen molar-refractivity contribution in [2.45, 2.75) is 6.92 Å². The summed E-state index contributed by atoms with van der Waals surface area (Å²) in [5.74, 6) is 1.18. The van der Waals surface area contributed by atoms with Crippen LogP contribution in [0.5, 0.6) is 11.5 Å². The fourth-order valence-electron chi connectivity index (χ4n) is 2.22. The molecular weight excluding hydrogens is 298 g/mol. The first kappa shape index (κ1) is 17.2. The molecule has 1 heterocycles. The maximum atomic E-state index is 11.8. The van der Waals surface area contributed by atoms with E-state index in [4.69, 9.17) is 14.2 Å². The van der Waals surface area contributed by atoms with Gasteiger partial charge in [0.25, 0.3) is 5.91 Å². The fraction of sp³-hybridized carbons (Fsp3) is 0.500. The molecule has 1 aromatic carbocycles. The highest BCUT2D eigenvalue weighted by atomic mass is 16.5. The zero-order valence-electron chi connectivity index (χ0n) is 13.6. The van der Waals surface area contributed by atoms with Crippen LogP contribution < -0.4 is 14.9 Å². The maximum absolute atomic E-state index is 11.8. The summed E-state index contributed by atoms with van der Waals surface area (Å²) in [4.78, 5) is 13.9. The molecule has 1 fully saturated rings. The average molecular weight is 321 g/mol. The second kappa shape index (κ2) is 9.12. The van der Waals surface area contributed by atoms with Gasteiger partial charge in [0.1, 0.15) is 0 Å². The van der Waals surface area contributed by atoms with Crippen LogP contribution in [0.4, 0.5) is 0 Å². The van der Waals surface area contributed by atoms with Gasteiger partial charge in [0.15, 0.2) is 11.5 Å². The molecule has 0 spiro atoms. The van der Waals surface area contributed by atoms with Gasteiger partial charge in [-0.25, -0.2) is 5.43 Å². The molecule has 2 rings (SSSR count). The van der Waals surface area contributed by atoms with Crippen molar-refractivity contribution in [1.82, 2.24) is 10.3 Å². The van der Waals surface area contributed by atoms with E-state index in [2.05, 4.69) is 10.5 Å². The predicted octanol–water partition coefficient (Wildman–Crippen LogP) is 0.876. The van der Waals surface area contributed by atoms with E-state index in [-0.39, 0.29) is 5.91 Å². The van der Waals surface area contributed by atoms with Gasteiger partial charge >= 0.3 is 0 Å². The van der Waals surface area contributed by atoms with Gasteiger partial charge in [-0.15, -0.1) is 0 Å². The number of carbonyl (C=O) groups is 1. The lowest BCUT2D eigenvalue weighted by Crippen LogP contribution is -2.42. The van der Waals surface area contributed by atoms with Gasteiger partial charge in [-0.05, 0) is 30.7 Å². The number of methoxy groups -OCH3 is 1. The molecular formula is C16H23N3O4. The Morgan fingerprint density at radius 2 is 2.17 bits per heavy atom. The Morgan fingerprint density at radius 3 is 2.87 bits per heavy atom. The van der Waals surface area contributed by atoms with Gasteiger partial charge < -0.3 is 14.2 Å². The molecule has 1 aliphatic heterocycles. The first-order chi connectivity index (χ1) is 11.2. The van der Waals surface area contributed by atoms with Crippen molar-refractivity contribution in [1.29, 1.82) is 0 Å². The number of hydrogen-bond acceptors (Lipinski definition) is 6. The molecule has 0 atom stereocenters. The predicted molar refractivity (Wildman–Crippen MR) is 87.2 cm³/mol. The van der Waals surface area contributed by atoms with Crippen molar-refractivity contribution in [2.75, 3.05) is 46.6 Å². The normalized spacial score (nSPS) is 15.6. The summed E-state index contributed by atoms with van der Waals surface area (Å²) in [5, 5.41) is 3.98. The summed E-state index contributed by atoms with van der Waals surface area (Å²) >= 11 is 0. The number of nitrogens with one attached hydrogen (secondary N) is 1. The second-order valence-electron chi connectivity index (χ2n) is 5.03. The monoisotopic (exact) mass is 321 g/mol. The van der Waals surface area contributed by atoms with E-state index in [1.165, 1.54) is 0 Å². The van der Waals surface area contributed by atoms with Crippen molar-refractivity contribution >= 4 is 12.1 Å². The molecule has 1 N–H and O–H groups in total. The summed E-state index contributed by atoms with van der Waals surface area (Å²) < 4.78 is 16.0. The van der Waals surface area contributed by atoms with E-state index in [9.17, 15) is 4.79 Å². The van der Waals surface area contributed by atoms with Crippen molar-refractivity contribution in [2.24, 2.45) is 5.10 Å². The first-order valence-electron chi connectivity index (χ1n) is 7.65. The summed E-state index contributed by atoms with van der Waals surface area (Å²) in [6.07, 6.45) is 1.58. The van der Waals surface area contributed by atoms with Crippen LogP contribution in [0.25, 0.3) is 0 Å². The third kappa shape index (κ3) is 5.54. The van der Waals surface area contributed by atoms with Crippen LogP contribution >= 0.6 is 0 Å². The van der Waals surface area contributed by atoms with Gasteiger partial charge in [0.05, 0.1) is 39.7 Å². The van der Waals surface area contributed by atoms with E-state index in [1.807, 2.05) is 30.0 Å². The van der Waals surface area contributed by atoms with Crippen LogP contribution in [0.3, 0.4) is 0 Å². The standard InChI is InChI=1S/C16H23N3O4/c1-3-23-15-10-13(4-5-14(15)21-2)11-17-18-16(20)12-19-6-8-22-9-7-19/h4-5,10-11H,3,6-9,12H2,1-2H3,(H,18,20)/b17-11-. The van der Waals surface area contributed by atoms with Crippen LogP contribution in [0.1, 0.15) is 12.5 Å². The third-order valence-corrected chi connectivity index (χ3v) is 3.36. The molecule has 0 aliphatic carbocycles. The number of nitrogens with zero attached hydrogens (tertiary/aromatic N) is 2. The molecule has 1 saturated heterocycles. The van der Waals surface area contributed by atoms with Crippen LogP contribution in [-0.4, -0.2) is 63.6 Å². The van der Waals surface area contributed by atoms with Gasteiger partial charge in [-0.1, -0.05) is 0 Å². The molecule has 126 valence electrons. The first-order valence-corrected chi connectivity index (χ1v) is 7.65. The average Bonchev–Trinajstić information content (AvgIpc) is 2.56. The van der Waals surface area contributed by atoms with E-state index in [0.29, 0.717) is 37.9 Å². The zero-order valence-corrected chi connectivity index (χ0v) is 13.6. The molecule has 0 radical (unpaired) electrons. The Hall–Kier alpha value is -2.12. The highest BCUT2D eigenvalue weighted by Crippen LogP contribution is 2.27. The highest BCUT2D eigenvalue weighted by molar-refractivity contribution is 5.83. The van der Waals surface area contributed by atoms with Crippen molar-refractivity contribution < 1.29 is 19.0 Å². The lowest BCUT2D eigenvalue weighted by atomic mass is 10.2. The maximum Gasteiger partial charge on any atom is 0.254 e. The molecule has 7 heteroatoms. The molecule has 0 unspecified atom stereocenters. The topological polar surface area (TPSA) is 72.4 Å². The number of carbonyl (C=O) groups excluding carboxylic acids is 1. The smallest absolute Gasteiger partial charge is 0.254 e. The van der Waals surface area contributed by atoms with Gasteiger partial charge in [0, 0.05) is 13.1 Å². The Bertz CT molecular complexity index is 542. The fourth-order valence-corrected chi connectivity index (χ4v) is 2.22. The molecule has 1 amide bonds. The Kier molecular flexibility index (Phi) is 6.83. The number of benzene rings is 1. The van der Waals surface area contributed by atoms with Crippen LogP contribution in [-0.2, 0) is 9.53 Å². The number of hydrazone groups is 1. The van der Waals surface area contributed by atoms with Crippen LogP contribution in [0, 0.1) is 0 Å². The molecule has 0 saturated carbocycles. The summed E-state index contributed by atoms with van der Waals surface area (Å²) in [5.41, 5.74) is 3.35. The third-order valence-electron chi connectivity index (χ3n) is 3.36. The van der Waals surface area contributed by atoms with E-state index >= 15 is 0 Å². The Morgan fingerprint density at radius 1 is 1.39 bits per heavy atom. The molecule has 0 bridgehead atoms. The molecule has 1 aromatic rings. The van der Waals surface area contributed by atoms with Gasteiger partial charge in [-0.3, -0.25) is 9.69 Å². The number of morpholine rings is 1. The number of amides is 1. The van der Waals surface area contributed by atoms with Crippen molar-refractivity contribution in [3.63, 3.8) is 0 Å². The molecule has 1 aliphatic rings. The lowest BCUT2D eigenvalue weighted by molar-refractivity contribution is -0.123. The minimum Gasteiger partial charge on any atom is -0.493 e. The SMILES string of the molecule is CCOc1cc(/C=N\NC(=O)CN2CCOCC2)ccc1OC. The minimum absolute atomic E-state index is 0.137. The summed E-state index contributed by atoms with van der Waals surface area (Å²) in [7, 11) is 1.59. The van der Waals surface area contributed by atoms with Gasteiger partial charge in [-0.2, -0.15) is 5.10 Å². The summed E-state index contributed by atoms with van der Waals surface area (Å²) in [6, 6.07) is 5.47. The molecule has 7 nitrogen and oxygen atoms in total. The molecule has 23 heavy (non-hydrogen) atoms. The summed E-state index contributed by atoms with van der Waals surface area (Å²) in [6.45, 7) is 5.67. The van der Waals surface area contributed by atoms with Crippen molar-refractivity contribution in [3.8, 4) is 11.5 Å². The van der Waals surface area contributed by atoms with Crippen LogP contribution in [0.15, 0.2) is 23.3 Å². The second-order valence-corrected chi connectivity index (χ2v) is 5.03. The molecule has 0 aromatic heterocycles. The largest absolute Gasteiger partial charge is 0.493 e. The zero-order chi connectivity index (χ0) is 16.5. The highest BCUT2D eigenvalue weighted by Gasteiger charge is 2.13. The Balaban J connectivity index is 1.86. The Labute approximate surface area is 136 Å². The van der Waals surface area contributed by atoms with E-state index in [1.54, 1.807) is 13.3 Å². The van der Waals surface area contributed by atoms with Crippen LogP contribution in [0.2, 0.25) is 0 Å². The minimum atomic E-state index is -0.137. The number of rotatable bonds is 7. The number of ether oxygens (including phenoxy) is 3. The van der Waals surface area contributed by atoms with E-state index in [0.717, 1.165) is 18.7 Å². The lowest BCUT2D eigenvalue weighted by Gasteiger charge is -2.25. The number of hydrogen-bond donors (Lipinski definition) is 1.